The van der Waals surface area contributed by atoms with Gasteiger partial charge in [-0.25, -0.2) is 4.39 Å². The maximum atomic E-state index is 14.7. The van der Waals surface area contributed by atoms with Gasteiger partial charge in [-0.2, -0.15) is 0 Å². The van der Waals surface area contributed by atoms with Crippen molar-refractivity contribution in [2.45, 2.75) is 0 Å². The smallest absolute Gasteiger partial charge is 0.267 e. The van der Waals surface area contributed by atoms with Crippen molar-refractivity contribution in [3.05, 3.63) is 70.8 Å². The second kappa shape index (κ2) is 9.80. The molecule has 7 nitrogen and oxygen atoms in total. The Morgan fingerprint density at radius 3 is 2.55 bits per heavy atom. The number of hydrogen-bond donors (Lipinski definition) is 2. The number of rotatable bonds is 6. The molecular weight excluding hydrogens is 465 g/mol. The lowest BCUT2D eigenvalue weighted by Crippen LogP contribution is -2.33. The number of aromatic nitrogens is 1. The highest BCUT2D eigenvalue weighted by atomic mass is 32.1. The summed E-state index contributed by atoms with van der Waals surface area (Å²) in [6.45, 7) is 0. The minimum Gasteiger partial charge on any atom is -0.493 e. The van der Waals surface area contributed by atoms with Gasteiger partial charge >= 0.3 is 0 Å². The van der Waals surface area contributed by atoms with Crippen LogP contribution in [-0.2, 0) is 0 Å². The Bertz CT molecular complexity index is 1330. The van der Waals surface area contributed by atoms with Gasteiger partial charge in [0.05, 0.1) is 30.3 Å². The van der Waals surface area contributed by atoms with Gasteiger partial charge in [0.2, 0.25) is 0 Å². The third-order valence-corrected chi connectivity index (χ3v) is 5.67. The summed E-state index contributed by atoms with van der Waals surface area (Å²) in [6.07, 6.45) is 1.59. The van der Waals surface area contributed by atoms with Crippen LogP contribution in [0.15, 0.2) is 60.1 Å². The Kier molecular flexibility index (Phi) is 6.66. The topological polar surface area (TPSA) is 81.7 Å². The molecular formula is C23H18FN3O4S2. The van der Waals surface area contributed by atoms with Crippen molar-refractivity contribution in [3.8, 4) is 23.0 Å². The zero-order valence-corrected chi connectivity index (χ0v) is 19.2. The van der Waals surface area contributed by atoms with Gasteiger partial charge in [0.25, 0.3) is 5.91 Å². The molecule has 0 atom stereocenters. The van der Waals surface area contributed by atoms with Crippen LogP contribution < -0.4 is 24.8 Å². The number of hydrogen-bond acceptors (Lipinski definition) is 7. The summed E-state index contributed by atoms with van der Waals surface area (Å²) < 4.78 is 31.3. The van der Waals surface area contributed by atoms with Crippen molar-refractivity contribution in [1.29, 1.82) is 0 Å². The quantitative estimate of drug-likeness (QED) is 0.357. The number of nitrogens with one attached hydrogen (secondary N) is 2. The molecule has 4 aromatic rings. The summed E-state index contributed by atoms with van der Waals surface area (Å²) >= 11 is 6.40. The number of pyridine rings is 1. The van der Waals surface area contributed by atoms with Crippen LogP contribution in [0.25, 0.3) is 10.9 Å². The molecule has 0 aliphatic heterocycles. The van der Waals surface area contributed by atoms with E-state index in [1.165, 1.54) is 30.6 Å². The summed E-state index contributed by atoms with van der Waals surface area (Å²) in [5.74, 6) is 0.843. The second-order valence-corrected chi connectivity index (χ2v) is 8.02. The van der Waals surface area contributed by atoms with Crippen LogP contribution in [-0.4, -0.2) is 30.2 Å². The standard InChI is InChI=1S/C23H18FN3O4S2/c1-29-19-11-14-17(12-20(19)30-2)25-8-7-18(14)31-13-5-6-16(15(24)10-13)26-23(32)27-22(28)21-4-3-9-33-21/h3-12H,1-2H3,(H2,26,27,28,32). The van der Waals surface area contributed by atoms with Crippen molar-refractivity contribution >= 4 is 51.2 Å². The monoisotopic (exact) mass is 483 g/mol. The number of carbonyl (C=O) groups is 1. The first-order valence-electron chi connectivity index (χ1n) is 9.62. The second-order valence-electron chi connectivity index (χ2n) is 6.66. The van der Waals surface area contributed by atoms with Crippen LogP contribution in [0.3, 0.4) is 0 Å². The molecule has 2 aromatic carbocycles. The third-order valence-electron chi connectivity index (χ3n) is 4.60. The fourth-order valence-corrected chi connectivity index (χ4v) is 3.87. The number of fused-ring (bicyclic) bond motifs is 1. The SMILES string of the molecule is COc1cc2nccc(Oc3ccc(NC(=S)NC(=O)c4cccs4)c(F)c3)c2cc1OC. The Morgan fingerprint density at radius 1 is 1.06 bits per heavy atom. The molecule has 0 fully saturated rings. The number of benzene rings is 2. The van der Waals surface area contributed by atoms with E-state index >= 15 is 0 Å². The van der Waals surface area contributed by atoms with E-state index in [1.54, 1.807) is 55.1 Å². The van der Waals surface area contributed by atoms with E-state index in [0.29, 0.717) is 33.0 Å². The van der Waals surface area contributed by atoms with Gasteiger partial charge in [0.1, 0.15) is 17.3 Å². The molecule has 0 spiro atoms. The Balaban J connectivity index is 1.51. The fraction of sp³-hybridized carbons (Fsp3) is 0.0870. The van der Waals surface area contributed by atoms with Gasteiger partial charge < -0.3 is 19.5 Å². The van der Waals surface area contributed by atoms with E-state index in [9.17, 15) is 9.18 Å². The summed E-state index contributed by atoms with van der Waals surface area (Å²) in [5.41, 5.74) is 0.737. The molecule has 33 heavy (non-hydrogen) atoms. The van der Waals surface area contributed by atoms with E-state index in [4.69, 9.17) is 26.4 Å². The van der Waals surface area contributed by atoms with Gasteiger partial charge in [-0.3, -0.25) is 15.1 Å². The van der Waals surface area contributed by atoms with Crippen molar-refractivity contribution in [1.82, 2.24) is 10.3 Å². The molecule has 0 aliphatic carbocycles. The molecule has 0 radical (unpaired) electrons. The van der Waals surface area contributed by atoms with E-state index in [2.05, 4.69) is 15.6 Å². The number of thiocarbonyl (C=S) groups is 1. The number of amides is 1. The van der Waals surface area contributed by atoms with Gasteiger partial charge in [0, 0.05) is 23.7 Å². The lowest BCUT2D eigenvalue weighted by molar-refractivity contribution is 0.0981. The van der Waals surface area contributed by atoms with E-state index in [0.717, 1.165) is 0 Å². The molecule has 2 heterocycles. The lowest BCUT2D eigenvalue weighted by Gasteiger charge is -2.13. The van der Waals surface area contributed by atoms with Crippen LogP contribution in [0, 0.1) is 5.82 Å². The number of carbonyl (C=O) groups excluding carboxylic acids is 1. The van der Waals surface area contributed by atoms with Crippen LogP contribution in [0.1, 0.15) is 9.67 Å². The number of thiophene rings is 1. The van der Waals surface area contributed by atoms with E-state index in [-0.39, 0.29) is 22.5 Å². The highest BCUT2D eigenvalue weighted by molar-refractivity contribution is 7.80. The maximum Gasteiger partial charge on any atom is 0.267 e. The van der Waals surface area contributed by atoms with Crippen LogP contribution in [0.4, 0.5) is 10.1 Å². The molecule has 168 valence electrons. The van der Waals surface area contributed by atoms with Gasteiger partial charge in [0.15, 0.2) is 16.6 Å². The van der Waals surface area contributed by atoms with Gasteiger partial charge in [-0.1, -0.05) is 6.07 Å². The van der Waals surface area contributed by atoms with Crippen molar-refractivity contribution in [2.75, 3.05) is 19.5 Å². The lowest BCUT2D eigenvalue weighted by atomic mass is 10.2. The third kappa shape index (κ3) is 5.02. The first-order valence-corrected chi connectivity index (χ1v) is 10.9. The summed E-state index contributed by atoms with van der Waals surface area (Å²) in [6, 6.07) is 12.9. The fourth-order valence-electron chi connectivity index (χ4n) is 3.05. The average Bonchev–Trinajstić information content (AvgIpc) is 3.35. The maximum absolute atomic E-state index is 14.7. The molecule has 0 saturated heterocycles. The normalized spacial score (nSPS) is 10.5. The molecule has 4 rings (SSSR count). The summed E-state index contributed by atoms with van der Waals surface area (Å²) in [7, 11) is 3.08. The van der Waals surface area contributed by atoms with Crippen molar-refractivity contribution in [2.24, 2.45) is 0 Å². The summed E-state index contributed by atoms with van der Waals surface area (Å²) in [5, 5.41) is 7.65. The number of ether oxygens (including phenoxy) is 3. The summed E-state index contributed by atoms with van der Waals surface area (Å²) in [4.78, 5) is 16.9. The highest BCUT2D eigenvalue weighted by Gasteiger charge is 2.14. The molecule has 1 amide bonds. The predicted octanol–water partition coefficient (Wildman–Crippen LogP) is 5.37. The number of methoxy groups -OCH3 is 2. The zero-order valence-electron chi connectivity index (χ0n) is 17.5. The highest BCUT2D eigenvalue weighted by Crippen LogP contribution is 2.37. The molecule has 0 unspecified atom stereocenters. The van der Waals surface area contributed by atoms with Crippen LogP contribution >= 0.6 is 23.6 Å². The average molecular weight is 484 g/mol. The van der Waals surface area contributed by atoms with Gasteiger partial charge in [-0.05, 0) is 47.9 Å². The molecule has 2 N–H and O–H groups in total. The zero-order chi connectivity index (χ0) is 23.4. The van der Waals surface area contributed by atoms with E-state index < -0.39 is 5.82 Å². The number of anilines is 1. The van der Waals surface area contributed by atoms with E-state index in [1.807, 2.05) is 0 Å². The number of nitrogens with zero attached hydrogens (tertiary/aromatic N) is 1. The van der Waals surface area contributed by atoms with Crippen molar-refractivity contribution in [3.63, 3.8) is 0 Å². The van der Waals surface area contributed by atoms with Gasteiger partial charge in [-0.15, -0.1) is 11.3 Å². The molecule has 10 heteroatoms. The van der Waals surface area contributed by atoms with Crippen LogP contribution in [0.2, 0.25) is 0 Å². The van der Waals surface area contributed by atoms with Crippen LogP contribution in [0.5, 0.6) is 23.0 Å². The first-order chi connectivity index (χ1) is 16.0. The molecule has 0 saturated carbocycles. The minimum atomic E-state index is -0.599. The molecule has 0 bridgehead atoms. The molecule has 2 aromatic heterocycles. The Morgan fingerprint density at radius 2 is 1.85 bits per heavy atom. The Hall–Kier alpha value is -3.76. The largest absolute Gasteiger partial charge is 0.493 e. The first kappa shape index (κ1) is 22.4. The predicted molar refractivity (Wildman–Crippen MR) is 129 cm³/mol. The minimum absolute atomic E-state index is 0.0119. The number of halogens is 1. The molecule has 0 aliphatic rings. The Labute approximate surface area is 198 Å². The van der Waals surface area contributed by atoms with Crippen molar-refractivity contribution < 1.29 is 23.4 Å².